The molecule has 0 aromatic carbocycles. The van der Waals surface area contributed by atoms with Crippen LogP contribution >= 0.6 is 0 Å². The van der Waals surface area contributed by atoms with Crippen LogP contribution in [-0.4, -0.2) is 27.1 Å². The fourth-order valence-corrected chi connectivity index (χ4v) is 6.09. The van der Waals surface area contributed by atoms with Gasteiger partial charge >= 0.3 is 6.03 Å². The van der Waals surface area contributed by atoms with Crippen LogP contribution in [0, 0.1) is 23.2 Å². The summed E-state index contributed by atoms with van der Waals surface area (Å²) in [4.78, 5) is 20.8. The highest BCUT2D eigenvalue weighted by molar-refractivity contribution is 5.73. The van der Waals surface area contributed by atoms with Gasteiger partial charge in [0.05, 0.1) is 0 Å². The van der Waals surface area contributed by atoms with Crippen molar-refractivity contribution in [3.63, 3.8) is 0 Å². The molecule has 2 N–H and O–H groups in total. The number of imidazole rings is 1. The van der Waals surface area contributed by atoms with Gasteiger partial charge in [0.25, 0.3) is 0 Å². The molecule has 6 rings (SSSR count). The lowest BCUT2D eigenvalue weighted by Crippen LogP contribution is -2.52. The van der Waals surface area contributed by atoms with Crippen LogP contribution in [0.4, 0.5) is 4.79 Å². The molecule has 4 aliphatic rings. The van der Waals surface area contributed by atoms with Crippen molar-refractivity contribution in [3.05, 3.63) is 42.6 Å². The lowest BCUT2D eigenvalue weighted by molar-refractivity contribution is -0.0498. The summed E-state index contributed by atoms with van der Waals surface area (Å²) in [6, 6.07) is 3.86. The van der Waals surface area contributed by atoms with E-state index in [0.717, 1.165) is 35.7 Å². The lowest BCUT2D eigenvalue weighted by Gasteiger charge is -2.56. The molecule has 0 saturated heterocycles. The monoisotopic (exact) mass is 365 g/mol. The van der Waals surface area contributed by atoms with Gasteiger partial charge in [-0.3, -0.25) is 4.57 Å². The Kier molecular flexibility index (Phi) is 4.14. The Bertz CT molecular complexity index is 763. The second-order valence-electron chi connectivity index (χ2n) is 8.95. The Labute approximate surface area is 159 Å². The summed E-state index contributed by atoms with van der Waals surface area (Å²) in [7, 11) is 0. The summed E-state index contributed by atoms with van der Waals surface area (Å²) >= 11 is 0. The van der Waals surface area contributed by atoms with Crippen molar-refractivity contribution in [2.24, 2.45) is 23.2 Å². The zero-order valence-electron chi connectivity index (χ0n) is 15.6. The van der Waals surface area contributed by atoms with Crippen LogP contribution in [0.1, 0.15) is 44.1 Å². The van der Waals surface area contributed by atoms with Gasteiger partial charge in [-0.05, 0) is 73.3 Å². The van der Waals surface area contributed by atoms with Crippen molar-refractivity contribution in [2.45, 2.75) is 45.1 Å². The minimum atomic E-state index is -0.0653. The average molecular weight is 365 g/mol. The zero-order chi connectivity index (χ0) is 18.3. The fourth-order valence-electron chi connectivity index (χ4n) is 6.09. The van der Waals surface area contributed by atoms with Crippen LogP contribution in [-0.2, 0) is 6.54 Å². The van der Waals surface area contributed by atoms with E-state index in [0.29, 0.717) is 12.0 Å². The van der Waals surface area contributed by atoms with Gasteiger partial charge in [-0.25, -0.2) is 14.8 Å². The molecule has 2 aromatic heterocycles. The maximum absolute atomic E-state index is 12.3. The number of urea groups is 1. The van der Waals surface area contributed by atoms with Crippen molar-refractivity contribution >= 4 is 6.03 Å². The van der Waals surface area contributed by atoms with E-state index in [1.807, 2.05) is 22.9 Å². The minimum absolute atomic E-state index is 0.0653. The van der Waals surface area contributed by atoms with E-state index in [1.54, 1.807) is 18.7 Å². The van der Waals surface area contributed by atoms with Gasteiger partial charge in [0.15, 0.2) is 0 Å². The first-order chi connectivity index (χ1) is 13.2. The predicted octanol–water partition coefficient (Wildman–Crippen LogP) is 3.28. The van der Waals surface area contributed by atoms with E-state index in [1.165, 1.54) is 38.5 Å². The van der Waals surface area contributed by atoms with E-state index in [-0.39, 0.29) is 6.03 Å². The first-order valence-corrected chi connectivity index (χ1v) is 10.1. The first-order valence-electron chi connectivity index (χ1n) is 10.1. The van der Waals surface area contributed by atoms with Crippen LogP contribution < -0.4 is 10.6 Å². The first kappa shape index (κ1) is 16.8. The van der Waals surface area contributed by atoms with E-state index in [4.69, 9.17) is 0 Å². The average Bonchev–Trinajstić information content (AvgIpc) is 3.19. The summed E-state index contributed by atoms with van der Waals surface area (Å²) in [6.45, 7) is 1.32. The van der Waals surface area contributed by atoms with Gasteiger partial charge in [0, 0.05) is 31.7 Å². The molecule has 27 heavy (non-hydrogen) atoms. The molecule has 4 saturated carbocycles. The quantitative estimate of drug-likeness (QED) is 0.854. The minimum Gasteiger partial charge on any atom is -0.338 e. The summed E-state index contributed by atoms with van der Waals surface area (Å²) < 4.78 is 1.86. The van der Waals surface area contributed by atoms with Gasteiger partial charge in [0.2, 0.25) is 0 Å². The molecule has 4 fully saturated rings. The zero-order valence-corrected chi connectivity index (χ0v) is 15.6. The van der Waals surface area contributed by atoms with Crippen LogP contribution in [0.15, 0.2) is 37.1 Å². The maximum atomic E-state index is 12.3. The topological polar surface area (TPSA) is 71.8 Å². The summed E-state index contributed by atoms with van der Waals surface area (Å²) in [5.74, 6) is 3.58. The molecule has 6 heteroatoms. The number of hydrogen-bond donors (Lipinski definition) is 2. The number of carbonyl (C=O) groups is 1. The number of nitrogens with zero attached hydrogens (tertiary/aromatic N) is 3. The molecule has 4 aliphatic carbocycles. The summed E-state index contributed by atoms with van der Waals surface area (Å²) in [5.41, 5.74) is 1.36. The molecule has 6 nitrogen and oxygen atoms in total. The SMILES string of the molecule is O=C(NCc1ccc(-n2ccnc2)nc1)NCC12CC3CC(CC(C3)C1)C2. The number of nitrogens with one attached hydrogen (secondary N) is 2. The molecule has 2 aromatic rings. The molecule has 2 heterocycles. The Morgan fingerprint density at radius 2 is 1.85 bits per heavy atom. The molecule has 0 spiro atoms. The van der Waals surface area contributed by atoms with Crippen LogP contribution in [0.2, 0.25) is 0 Å². The smallest absolute Gasteiger partial charge is 0.315 e. The Balaban J connectivity index is 1.12. The maximum Gasteiger partial charge on any atom is 0.315 e. The number of pyridine rings is 1. The van der Waals surface area contributed by atoms with Crippen molar-refractivity contribution < 1.29 is 4.79 Å². The summed E-state index contributed by atoms with van der Waals surface area (Å²) in [6.07, 6.45) is 15.4. The molecule has 142 valence electrons. The molecule has 0 atom stereocenters. The number of carbonyl (C=O) groups excluding carboxylic acids is 1. The van der Waals surface area contributed by atoms with Gasteiger partial charge < -0.3 is 10.6 Å². The van der Waals surface area contributed by atoms with Crippen molar-refractivity contribution in [2.75, 3.05) is 6.54 Å². The van der Waals surface area contributed by atoms with Gasteiger partial charge in [-0.2, -0.15) is 0 Å². The molecule has 2 amide bonds. The van der Waals surface area contributed by atoms with Crippen LogP contribution in [0.5, 0.6) is 0 Å². The highest BCUT2D eigenvalue weighted by atomic mass is 16.2. The Morgan fingerprint density at radius 1 is 1.11 bits per heavy atom. The van der Waals surface area contributed by atoms with Gasteiger partial charge in [0.1, 0.15) is 12.1 Å². The molecule has 4 bridgehead atoms. The van der Waals surface area contributed by atoms with Crippen molar-refractivity contribution in [1.29, 1.82) is 0 Å². The number of aromatic nitrogens is 3. The highest BCUT2D eigenvalue weighted by Crippen LogP contribution is 2.59. The van der Waals surface area contributed by atoms with Gasteiger partial charge in [-0.1, -0.05) is 6.07 Å². The van der Waals surface area contributed by atoms with E-state index in [9.17, 15) is 4.79 Å². The molecule has 0 radical (unpaired) electrons. The standard InChI is InChI=1S/C21H27N5O/c27-20(24-12-15-1-2-19(23-11-15)26-4-3-22-14-26)25-13-21-8-16-5-17(9-21)7-18(6-16)10-21/h1-4,11,14,16-18H,5-10,12-13H2,(H2,24,25,27). The van der Waals surface area contributed by atoms with E-state index < -0.39 is 0 Å². The number of hydrogen-bond acceptors (Lipinski definition) is 3. The Hall–Kier alpha value is -2.37. The number of rotatable bonds is 5. The normalized spacial score (nSPS) is 31.0. The highest BCUT2D eigenvalue weighted by Gasteiger charge is 2.50. The second kappa shape index (κ2) is 6.66. The molecular formula is C21H27N5O. The summed E-state index contributed by atoms with van der Waals surface area (Å²) in [5, 5.41) is 6.14. The van der Waals surface area contributed by atoms with Crippen molar-refractivity contribution in [3.8, 4) is 5.82 Å². The van der Waals surface area contributed by atoms with E-state index in [2.05, 4.69) is 20.6 Å². The largest absolute Gasteiger partial charge is 0.338 e. The molecule has 0 aliphatic heterocycles. The van der Waals surface area contributed by atoms with E-state index >= 15 is 0 Å². The fraction of sp³-hybridized carbons (Fsp3) is 0.571. The predicted molar refractivity (Wildman–Crippen MR) is 102 cm³/mol. The molecule has 0 unspecified atom stereocenters. The van der Waals surface area contributed by atoms with Crippen LogP contribution in [0.25, 0.3) is 5.82 Å². The van der Waals surface area contributed by atoms with Gasteiger partial charge in [-0.15, -0.1) is 0 Å². The third-order valence-corrected chi connectivity index (χ3v) is 6.82. The second-order valence-corrected chi connectivity index (χ2v) is 8.95. The van der Waals surface area contributed by atoms with Crippen molar-refractivity contribution in [1.82, 2.24) is 25.2 Å². The van der Waals surface area contributed by atoms with Crippen LogP contribution in [0.3, 0.4) is 0 Å². The third-order valence-electron chi connectivity index (χ3n) is 6.82. The third kappa shape index (κ3) is 3.45. The lowest BCUT2D eigenvalue weighted by atomic mass is 9.49. The number of amides is 2. The Morgan fingerprint density at radius 3 is 2.44 bits per heavy atom. The molecular weight excluding hydrogens is 338 g/mol.